The van der Waals surface area contributed by atoms with Crippen LogP contribution in [0.4, 0.5) is 0 Å². The summed E-state index contributed by atoms with van der Waals surface area (Å²) in [7, 11) is 0. The van der Waals surface area contributed by atoms with Crippen LogP contribution in [0.3, 0.4) is 0 Å². The Balaban J connectivity index is 2.27. The summed E-state index contributed by atoms with van der Waals surface area (Å²) >= 11 is 6.09. The summed E-state index contributed by atoms with van der Waals surface area (Å²) in [6, 6.07) is 7.29. The van der Waals surface area contributed by atoms with E-state index in [9.17, 15) is 4.79 Å². The molecule has 3 heteroatoms. The van der Waals surface area contributed by atoms with E-state index in [1.54, 1.807) is 6.07 Å². The smallest absolute Gasteiger partial charge is 0.183 e. The molecule has 1 aliphatic rings. The lowest BCUT2D eigenvalue weighted by molar-refractivity contribution is 0.0703. The zero-order chi connectivity index (χ0) is 12.5. The van der Waals surface area contributed by atoms with Gasteiger partial charge in [0.2, 0.25) is 0 Å². The van der Waals surface area contributed by atoms with Gasteiger partial charge in [-0.05, 0) is 51.9 Å². The zero-order valence-corrected chi connectivity index (χ0v) is 11.1. The summed E-state index contributed by atoms with van der Waals surface area (Å²) in [6.07, 6.45) is 2.36. The molecule has 0 aromatic heterocycles. The number of likely N-dealkylation sites (tertiary alicyclic amines) is 1. The minimum atomic E-state index is -0.457. The minimum Gasteiger partial charge on any atom is -0.292 e. The van der Waals surface area contributed by atoms with Crippen molar-refractivity contribution in [2.75, 3.05) is 13.1 Å². The Bertz CT molecular complexity index is 422. The molecule has 0 amide bonds. The predicted molar refractivity (Wildman–Crippen MR) is 70.7 cm³/mol. The molecule has 1 fully saturated rings. The first-order valence-corrected chi connectivity index (χ1v) is 6.45. The lowest BCUT2D eigenvalue weighted by Gasteiger charge is -2.34. The summed E-state index contributed by atoms with van der Waals surface area (Å²) in [4.78, 5) is 14.8. The van der Waals surface area contributed by atoms with Crippen LogP contribution in [0.2, 0.25) is 5.02 Å². The van der Waals surface area contributed by atoms with Crippen LogP contribution in [0.15, 0.2) is 24.3 Å². The summed E-state index contributed by atoms with van der Waals surface area (Å²) in [5, 5.41) is 0.546. The van der Waals surface area contributed by atoms with Crippen molar-refractivity contribution in [1.29, 1.82) is 0 Å². The van der Waals surface area contributed by atoms with Gasteiger partial charge in [0.15, 0.2) is 5.78 Å². The van der Waals surface area contributed by atoms with E-state index in [0.29, 0.717) is 10.6 Å². The first-order valence-electron chi connectivity index (χ1n) is 6.08. The van der Waals surface area contributed by atoms with Gasteiger partial charge in [0.05, 0.1) is 10.6 Å². The first-order chi connectivity index (χ1) is 8.03. The third kappa shape index (κ3) is 2.38. The van der Waals surface area contributed by atoms with E-state index in [1.807, 2.05) is 32.0 Å². The summed E-state index contributed by atoms with van der Waals surface area (Å²) in [5.41, 5.74) is 0.174. The van der Waals surface area contributed by atoms with Crippen molar-refractivity contribution in [1.82, 2.24) is 4.90 Å². The van der Waals surface area contributed by atoms with Crippen LogP contribution < -0.4 is 0 Å². The van der Waals surface area contributed by atoms with E-state index in [-0.39, 0.29) is 5.78 Å². The third-order valence-corrected chi connectivity index (χ3v) is 3.90. The Labute approximate surface area is 108 Å². The van der Waals surface area contributed by atoms with E-state index >= 15 is 0 Å². The Morgan fingerprint density at radius 1 is 1.24 bits per heavy atom. The molecular weight excluding hydrogens is 234 g/mol. The van der Waals surface area contributed by atoms with Crippen molar-refractivity contribution < 1.29 is 4.79 Å². The predicted octanol–water partition coefficient (Wildman–Crippen LogP) is 3.40. The lowest BCUT2D eigenvalue weighted by atomic mass is 9.91. The van der Waals surface area contributed by atoms with Crippen LogP contribution in [-0.4, -0.2) is 29.3 Å². The van der Waals surface area contributed by atoms with Gasteiger partial charge in [-0.15, -0.1) is 0 Å². The molecule has 1 heterocycles. The molecule has 0 aliphatic carbocycles. The fourth-order valence-corrected chi connectivity index (χ4v) is 2.62. The molecule has 0 unspecified atom stereocenters. The Morgan fingerprint density at radius 2 is 1.82 bits per heavy atom. The van der Waals surface area contributed by atoms with Crippen LogP contribution >= 0.6 is 11.6 Å². The molecule has 1 aromatic rings. The number of carbonyl (C=O) groups is 1. The number of Topliss-reactive ketones (excluding diaryl/α,β-unsaturated/α-hetero) is 1. The van der Waals surface area contributed by atoms with Crippen molar-refractivity contribution in [2.24, 2.45) is 0 Å². The van der Waals surface area contributed by atoms with Crippen LogP contribution in [0.1, 0.15) is 37.0 Å². The molecule has 17 heavy (non-hydrogen) atoms. The van der Waals surface area contributed by atoms with Gasteiger partial charge in [-0.3, -0.25) is 9.69 Å². The second-order valence-electron chi connectivity index (χ2n) is 5.06. The topological polar surface area (TPSA) is 20.3 Å². The molecule has 0 saturated carbocycles. The van der Waals surface area contributed by atoms with Crippen molar-refractivity contribution >= 4 is 17.4 Å². The normalized spacial score (nSPS) is 17.4. The van der Waals surface area contributed by atoms with E-state index < -0.39 is 5.54 Å². The second kappa shape index (κ2) is 4.79. The second-order valence-corrected chi connectivity index (χ2v) is 5.47. The fraction of sp³-hybridized carbons (Fsp3) is 0.500. The van der Waals surface area contributed by atoms with Crippen molar-refractivity contribution in [3.05, 3.63) is 34.9 Å². The van der Waals surface area contributed by atoms with Gasteiger partial charge in [-0.1, -0.05) is 23.7 Å². The van der Waals surface area contributed by atoms with Crippen LogP contribution in [0, 0.1) is 0 Å². The van der Waals surface area contributed by atoms with E-state index in [4.69, 9.17) is 11.6 Å². The number of rotatable bonds is 3. The van der Waals surface area contributed by atoms with Crippen molar-refractivity contribution in [3.63, 3.8) is 0 Å². The fourth-order valence-electron chi connectivity index (χ4n) is 2.39. The number of hydrogen-bond acceptors (Lipinski definition) is 2. The molecule has 0 N–H and O–H groups in total. The molecule has 0 spiro atoms. The van der Waals surface area contributed by atoms with E-state index in [1.165, 1.54) is 12.8 Å². The van der Waals surface area contributed by atoms with E-state index in [2.05, 4.69) is 4.90 Å². The SMILES string of the molecule is CC(C)(C(=O)c1ccccc1Cl)N1CCCC1. The minimum absolute atomic E-state index is 0.116. The molecule has 2 nitrogen and oxygen atoms in total. The average Bonchev–Trinajstić information content (AvgIpc) is 2.83. The largest absolute Gasteiger partial charge is 0.292 e. The maximum absolute atomic E-state index is 12.5. The molecule has 0 atom stereocenters. The monoisotopic (exact) mass is 251 g/mol. The maximum atomic E-state index is 12.5. The van der Waals surface area contributed by atoms with Crippen LogP contribution in [0.5, 0.6) is 0 Å². The molecule has 1 aromatic carbocycles. The Morgan fingerprint density at radius 3 is 2.41 bits per heavy atom. The van der Waals surface area contributed by atoms with Gasteiger partial charge >= 0.3 is 0 Å². The number of benzene rings is 1. The maximum Gasteiger partial charge on any atom is 0.183 e. The number of carbonyl (C=O) groups excluding carboxylic acids is 1. The highest BCUT2D eigenvalue weighted by atomic mass is 35.5. The highest BCUT2D eigenvalue weighted by Crippen LogP contribution is 2.27. The molecule has 0 bridgehead atoms. The molecule has 1 aliphatic heterocycles. The van der Waals surface area contributed by atoms with Gasteiger partial charge in [-0.25, -0.2) is 0 Å². The van der Waals surface area contributed by atoms with Gasteiger partial charge in [0, 0.05) is 5.56 Å². The number of nitrogens with zero attached hydrogens (tertiary/aromatic N) is 1. The zero-order valence-electron chi connectivity index (χ0n) is 10.4. The van der Waals surface area contributed by atoms with Crippen molar-refractivity contribution in [3.8, 4) is 0 Å². The third-order valence-electron chi connectivity index (χ3n) is 3.57. The van der Waals surface area contributed by atoms with Gasteiger partial charge in [0.25, 0.3) is 0 Å². The van der Waals surface area contributed by atoms with Gasteiger partial charge in [-0.2, -0.15) is 0 Å². The van der Waals surface area contributed by atoms with E-state index in [0.717, 1.165) is 13.1 Å². The molecule has 92 valence electrons. The molecule has 1 saturated heterocycles. The summed E-state index contributed by atoms with van der Waals surface area (Å²) < 4.78 is 0. The van der Waals surface area contributed by atoms with Crippen LogP contribution in [0.25, 0.3) is 0 Å². The highest BCUT2D eigenvalue weighted by molar-refractivity contribution is 6.34. The van der Waals surface area contributed by atoms with Crippen LogP contribution in [-0.2, 0) is 0 Å². The molecular formula is C14H18ClNO. The van der Waals surface area contributed by atoms with Crippen molar-refractivity contribution in [2.45, 2.75) is 32.2 Å². The molecule has 2 rings (SSSR count). The number of ketones is 1. The quantitative estimate of drug-likeness (QED) is 0.768. The standard InChI is InChI=1S/C14H18ClNO/c1-14(2,16-9-5-6-10-16)13(17)11-7-3-4-8-12(11)15/h3-4,7-8H,5-6,9-10H2,1-2H3. The Kier molecular flexibility index (Phi) is 3.55. The number of hydrogen-bond donors (Lipinski definition) is 0. The first kappa shape index (κ1) is 12.6. The van der Waals surface area contributed by atoms with Gasteiger partial charge in [0.1, 0.15) is 0 Å². The summed E-state index contributed by atoms with van der Waals surface area (Å²) in [5.74, 6) is 0.116. The average molecular weight is 252 g/mol. The van der Waals surface area contributed by atoms with Gasteiger partial charge < -0.3 is 0 Å². The highest BCUT2D eigenvalue weighted by Gasteiger charge is 2.37. The lowest BCUT2D eigenvalue weighted by Crippen LogP contribution is -2.48. The Hall–Kier alpha value is -0.860. The number of halogens is 1. The summed E-state index contributed by atoms with van der Waals surface area (Å²) in [6.45, 7) is 5.99. The molecule has 0 radical (unpaired) electrons.